The lowest BCUT2D eigenvalue weighted by atomic mass is 10.0. The lowest BCUT2D eigenvalue weighted by Crippen LogP contribution is -2.44. The van der Waals surface area contributed by atoms with Crippen LogP contribution >= 0.6 is 11.3 Å². The summed E-state index contributed by atoms with van der Waals surface area (Å²) >= 11 is 1.42. The second kappa shape index (κ2) is 11.1. The smallest absolute Gasteiger partial charge is 0.326 e. The first-order valence-corrected chi connectivity index (χ1v) is 12.4. The molecule has 1 unspecified atom stereocenters. The molecular formula is C28H26FN3O3S. The number of carbonyl (C=O) groups excluding carboxylic acids is 1. The van der Waals surface area contributed by atoms with Gasteiger partial charge in [0.1, 0.15) is 11.9 Å². The highest BCUT2D eigenvalue weighted by molar-refractivity contribution is 7.14. The summed E-state index contributed by atoms with van der Waals surface area (Å²) in [7, 11) is 0. The molecule has 1 aromatic heterocycles. The van der Waals surface area contributed by atoms with Crippen LogP contribution in [0.2, 0.25) is 0 Å². The van der Waals surface area contributed by atoms with Crippen LogP contribution in [0.1, 0.15) is 29.8 Å². The molecule has 0 bridgehead atoms. The van der Waals surface area contributed by atoms with Gasteiger partial charge in [0.25, 0.3) is 5.91 Å². The van der Waals surface area contributed by atoms with E-state index in [0.29, 0.717) is 22.9 Å². The predicted molar refractivity (Wildman–Crippen MR) is 140 cm³/mol. The zero-order chi connectivity index (χ0) is 25.7. The van der Waals surface area contributed by atoms with Crippen molar-refractivity contribution >= 4 is 34.0 Å². The molecule has 0 aliphatic heterocycles. The number of aromatic nitrogens is 1. The number of aliphatic carboxylic acids is 1. The highest BCUT2D eigenvalue weighted by Gasteiger charge is 2.24. The molecule has 0 spiro atoms. The van der Waals surface area contributed by atoms with Gasteiger partial charge in [-0.3, -0.25) is 4.79 Å². The van der Waals surface area contributed by atoms with Crippen molar-refractivity contribution in [1.29, 1.82) is 0 Å². The number of amides is 1. The van der Waals surface area contributed by atoms with E-state index in [0.717, 1.165) is 16.8 Å². The van der Waals surface area contributed by atoms with Gasteiger partial charge < -0.3 is 15.3 Å². The first-order valence-electron chi connectivity index (χ1n) is 11.5. The lowest BCUT2D eigenvalue weighted by Gasteiger charge is -2.23. The van der Waals surface area contributed by atoms with Gasteiger partial charge in [0.15, 0.2) is 5.13 Å². The average Bonchev–Trinajstić information content (AvgIpc) is 3.37. The summed E-state index contributed by atoms with van der Waals surface area (Å²) in [6, 6.07) is 22.2. The van der Waals surface area contributed by atoms with Crippen molar-refractivity contribution in [3.8, 4) is 11.3 Å². The summed E-state index contributed by atoms with van der Waals surface area (Å²) in [5, 5.41) is 14.5. The van der Waals surface area contributed by atoms with Gasteiger partial charge in [0.05, 0.1) is 17.9 Å². The average molecular weight is 504 g/mol. The number of nitrogens with zero attached hydrogens (tertiary/aromatic N) is 2. The van der Waals surface area contributed by atoms with Crippen molar-refractivity contribution in [3.63, 3.8) is 0 Å². The molecule has 184 valence electrons. The molecule has 0 fully saturated rings. The second-order valence-corrected chi connectivity index (χ2v) is 9.49. The molecule has 0 aliphatic carbocycles. The number of hydrogen-bond donors (Lipinski definition) is 2. The van der Waals surface area contributed by atoms with Gasteiger partial charge in [-0.05, 0) is 35.7 Å². The summed E-state index contributed by atoms with van der Waals surface area (Å²) < 4.78 is 14.8. The van der Waals surface area contributed by atoms with Crippen molar-refractivity contribution in [2.24, 2.45) is 5.92 Å². The highest BCUT2D eigenvalue weighted by Crippen LogP contribution is 2.34. The summed E-state index contributed by atoms with van der Waals surface area (Å²) in [5.74, 6) is -2.15. The molecule has 1 amide bonds. The molecule has 0 radical (unpaired) electrons. The lowest BCUT2D eigenvalue weighted by molar-refractivity contribution is -0.140. The number of carboxylic acid groups (broad SMARTS) is 1. The van der Waals surface area contributed by atoms with Gasteiger partial charge in [0.2, 0.25) is 0 Å². The zero-order valence-electron chi connectivity index (χ0n) is 19.9. The quantitative estimate of drug-likeness (QED) is 0.287. The van der Waals surface area contributed by atoms with E-state index in [1.165, 1.54) is 17.4 Å². The number of carbonyl (C=O) groups is 2. The van der Waals surface area contributed by atoms with E-state index in [-0.39, 0.29) is 11.7 Å². The Kier molecular flexibility index (Phi) is 7.75. The molecular weight excluding hydrogens is 477 g/mol. The molecule has 3 aromatic carbocycles. The van der Waals surface area contributed by atoms with E-state index in [9.17, 15) is 19.1 Å². The topological polar surface area (TPSA) is 82.5 Å². The molecule has 1 atom stereocenters. The number of nitrogens with one attached hydrogen (secondary N) is 1. The SMILES string of the molecule is CC(C)C(NC(=O)c1ccc(CN(c2nc(-c3ccccc3)cs2)c2ccccc2F)cc1)C(=O)O. The Bertz CT molecular complexity index is 1340. The van der Waals surface area contributed by atoms with Crippen LogP contribution in [0.4, 0.5) is 15.2 Å². The third-order valence-electron chi connectivity index (χ3n) is 5.71. The third-order valence-corrected chi connectivity index (χ3v) is 6.58. The molecule has 0 saturated carbocycles. The van der Waals surface area contributed by atoms with Crippen molar-refractivity contribution in [3.05, 3.63) is 101 Å². The van der Waals surface area contributed by atoms with Crippen LogP contribution in [-0.4, -0.2) is 28.0 Å². The van der Waals surface area contributed by atoms with Gasteiger partial charge in [-0.2, -0.15) is 0 Å². The maximum Gasteiger partial charge on any atom is 0.326 e. The van der Waals surface area contributed by atoms with Gasteiger partial charge in [-0.1, -0.05) is 68.4 Å². The molecule has 8 heteroatoms. The molecule has 4 rings (SSSR count). The number of para-hydroxylation sites is 1. The van der Waals surface area contributed by atoms with Crippen LogP contribution in [-0.2, 0) is 11.3 Å². The second-order valence-electron chi connectivity index (χ2n) is 8.65. The zero-order valence-corrected chi connectivity index (χ0v) is 20.7. The summed E-state index contributed by atoms with van der Waals surface area (Å²) in [6.45, 7) is 3.80. The minimum Gasteiger partial charge on any atom is -0.480 e. The van der Waals surface area contributed by atoms with Crippen molar-refractivity contribution in [1.82, 2.24) is 10.3 Å². The van der Waals surface area contributed by atoms with Crippen molar-refractivity contribution < 1.29 is 19.1 Å². The normalized spacial score (nSPS) is 11.8. The summed E-state index contributed by atoms with van der Waals surface area (Å²) in [5.41, 5.74) is 3.37. The molecule has 36 heavy (non-hydrogen) atoms. The number of carboxylic acids is 1. The van der Waals surface area contributed by atoms with Crippen LogP contribution in [0.25, 0.3) is 11.3 Å². The Morgan fingerprint density at radius 2 is 1.67 bits per heavy atom. The van der Waals surface area contributed by atoms with Crippen LogP contribution in [0.15, 0.2) is 84.2 Å². The standard InChI is InChI=1S/C28H26FN3O3S/c1-18(2)25(27(34)35)31-26(33)21-14-12-19(13-15-21)16-32(24-11-7-6-10-22(24)29)28-30-23(17-36-28)20-8-4-3-5-9-20/h3-15,17-18,25H,16H2,1-2H3,(H,31,33)(H,34,35). The number of benzene rings is 3. The fraction of sp³-hybridized carbons (Fsp3) is 0.179. The fourth-order valence-corrected chi connectivity index (χ4v) is 4.59. The largest absolute Gasteiger partial charge is 0.480 e. The van der Waals surface area contributed by atoms with E-state index in [2.05, 4.69) is 5.32 Å². The Hall–Kier alpha value is -4.04. The first kappa shape index (κ1) is 25.1. The number of rotatable bonds is 9. The Balaban J connectivity index is 1.59. The van der Waals surface area contributed by atoms with E-state index < -0.39 is 17.9 Å². The minimum absolute atomic E-state index is 0.251. The van der Waals surface area contributed by atoms with Crippen molar-refractivity contribution in [2.75, 3.05) is 4.90 Å². The van der Waals surface area contributed by atoms with Gasteiger partial charge in [-0.15, -0.1) is 11.3 Å². The van der Waals surface area contributed by atoms with E-state index in [4.69, 9.17) is 4.98 Å². The van der Waals surface area contributed by atoms with Crippen LogP contribution < -0.4 is 10.2 Å². The summed E-state index contributed by atoms with van der Waals surface area (Å²) in [6.07, 6.45) is 0. The molecule has 0 aliphatic rings. The molecule has 4 aromatic rings. The van der Waals surface area contributed by atoms with E-state index in [1.807, 2.05) is 35.7 Å². The van der Waals surface area contributed by atoms with Crippen molar-refractivity contribution in [2.45, 2.75) is 26.4 Å². The molecule has 2 N–H and O–H groups in total. The number of hydrogen-bond acceptors (Lipinski definition) is 5. The monoisotopic (exact) mass is 503 g/mol. The van der Waals surface area contributed by atoms with E-state index in [1.54, 1.807) is 61.2 Å². The third kappa shape index (κ3) is 5.78. The number of anilines is 2. The Morgan fingerprint density at radius 3 is 2.31 bits per heavy atom. The molecule has 1 heterocycles. The fourth-order valence-electron chi connectivity index (χ4n) is 3.74. The predicted octanol–water partition coefficient (Wildman–Crippen LogP) is 6.13. The summed E-state index contributed by atoms with van der Waals surface area (Å²) in [4.78, 5) is 30.6. The van der Waals surface area contributed by atoms with Gasteiger partial charge >= 0.3 is 5.97 Å². The first-order chi connectivity index (χ1) is 17.3. The Morgan fingerprint density at radius 1 is 1.00 bits per heavy atom. The van der Waals surface area contributed by atoms with Crippen LogP contribution in [0.5, 0.6) is 0 Å². The maximum absolute atomic E-state index is 14.8. The van der Waals surface area contributed by atoms with Gasteiger partial charge in [-0.25, -0.2) is 14.2 Å². The maximum atomic E-state index is 14.8. The van der Waals surface area contributed by atoms with Gasteiger partial charge in [0, 0.05) is 16.5 Å². The Labute approximate surface area is 213 Å². The minimum atomic E-state index is -1.08. The number of thiazole rings is 1. The van der Waals surface area contributed by atoms with Crippen LogP contribution in [0.3, 0.4) is 0 Å². The number of halogens is 1. The highest BCUT2D eigenvalue weighted by atomic mass is 32.1. The van der Waals surface area contributed by atoms with E-state index >= 15 is 0 Å². The molecule has 0 saturated heterocycles. The molecule has 6 nitrogen and oxygen atoms in total. The van der Waals surface area contributed by atoms with Crippen LogP contribution in [0, 0.1) is 11.7 Å².